The van der Waals surface area contributed by atoms with Crippen LogP contribution in [0.4, 0.5) is 0 Å². The molecule has 0 radical (unpaired) electrons. The summed E-state index contributed by atoms with van der Waals surface area (Å²) >= 11 is 0. The monoisotopic (exact) mass is 360 g/mol. The average Bonchev–Trinajstić information content (AvgIpc) is 3.13. The molecule has 27 heavy (non-hydrogen) atoms. The van der Waals surface area contributed by atoms with Gasteiger partial charge in [0.2, 0.25) is 0 Å². The third-order valence-corrected chi connectivity index (χ3v) is 4.98. The van der Waals surface area contributed by atoms with Gasteiger partial charge >= 0.3 is 0 Å². The molecule has 0 aromatic heterocycles. The first-order chi connectivity index (χ1) is 13.3. The van der Waals surface area contributed by atoms with E-state index < -0.39 is 0 Å². The zero-order valence-corrected chi connectivity index (χ0v) is 15.3. The van der Waals surface area contributed by atoms with Crippen LogP contribution in [-0.4, -0.2) is 36.5 Å². The maximum absolute atomic E-state index is 12.2. The quantitative estimate of drug-likeness (QED) is 0.730. The molecule has 1 amide bonds. The Labute approximate surface area is 159 Å². The Morgan fingerprint density at radius 1 is 1.00 bits per heavy atom. The van der Waals surface area contributed by atoms with Crippen LogP contribution in [0.3, 0.4) is 0 Å². The Kier molecular flexibility index (Phi) is 5.35. The SMILES string of the molecule is O=C(COc1ccc2ccccc2c1)N[C@H]1CCN(Cc2ccccc2)C1. The Morgan fingerprint density at radius 3 is 2.63 bits per heavy atom. The van der Waals surface area contributed by atoms with E-state index in [-0.39, 0.29) is 18.6 Å². The van der Waals surface area contributed by atoms with Crippen molar-refractivity contribution < 1.29 is 9.53 Å². The highest BCUT2D eigenvalue weighted by Crippen LogP contribution is 2.20. The smallest absolute Gasteiger partial charge is 0.258 e. The molecule has 4 nitrogen and oxygen atoms in total. The van der Waals surface area contributed by atoms with Crippen molar-refractivity contribution in [1.29, 1.82) is 0 Å². The molecule has 1 aliphatic heterocycles. The molecule has 4 heteroatoms. The average molecular weight is 360 g/mol. The molecule has 3 aromatic carbocycles. The third-order valence-electron chi connectivity index (χ3n) is 4.98. The third kappa shape index (κ3) is 4.66. The number of carbonyl (C=O) groups excluding carboxylic acids is 1. The second kappa shape index (κ2) is 8.23. The molecule has 1 aliphatic rings. The summed E-state index contributed by atoms with van der Waals surface area (Å²) in [5, 5.41) is 5.38. The van der Waals surface area contributed by atoms with Gasteiger partial charge in [-0.3, -0.25) is 9.69 Å². The predicted molar refractivity (Wildman–Crippen MR) is 108 cm³/mol. The van der Waals surface area contributed by atoms with Crippen molar-refractivity contribution in [3.05, 3.63) is 78.4 Å². The first-order valence-electron chi connectivity index (χ1n) is 9.43. The van der Waals surface area contributed by atoms with Crippen molar-refractivity contribution >= 4 is 16.7 Å². The van der Waals surface area contributed by atoms with Crippen molar-refractivity contribution in [1.82, 2.24) is 10.2 Å². The van der Waals surface area contributed by atoms with Gasteiger partial charge in [0, 0.05) is 25.7 Å². The second-order valence-corrected chi connectivity index (χ2v) is 7.07. The minimum absolute atomic E-state index is 0.0491. The van der Waals surface area contributed by atoms with Gasteiger partial charge in [0.25, 0.3) is 5.91 Å². The molecule has 0 bridgehead atoms. The normalized spacial score (nSPS) is 17.1. The number of carbonyl (C=O) groups is 1. The van der Waals surface area contributed by atoms with E-state index in [1.165, 1.54) is 10.9 Å². The minimum Gasteiger partial charge on any atom is -0.484 e. The van der Waals surface area contributed by atoms with E-state index in [2.05, 4.69) is 40.5 Å². The molecule has 1 fully saturated rings. The van der Waals surface area contributed by atoms with Crippen molar-refractivity contribution in [2.45, 2.75) is 19.0 Å². The number of hydrogen-bond acceptors (Lipinski definition) is 3. The lowest BCUT2D eigenvalue weighted by Crippen LogP contribution is -2.39. The molecule has 1 atom stereocenters. The lowest BCUT2D eigenvalue weighted by Gasteiger charge is -2.17. The van der Waals surface area contributed by atoms with Crippen LogP contribution in [0.5, 0.6) is 5.75 Å². The van der Waals surface area contributed by atoms with Crippen LogP contribution in [0.15, 0.2) is 72.8 Å². The van der Waals surface area contributed by atoms with E-state index >= 15 is 0 Å². The number of rotatable bonds is 6. The molecule has 0 spiro atoms. The number of fused-ring (bicyclic) bond motifs is 1. The fraction of sp³-hybridized carbons (Fsp3) is 0.261. The number of amides is 1. The Balaban J connectivity index is 1.24. The van der Waals surface area contributed by atoms with Gasteiger partial charge in [-0.1, -0.05) is 60.7 Å². The minimum atomic E-state index is -0.0604. The van der Waals surface area contributed by atoms with Gasteiger partial charge in [-0.25, -0.2) is 0 Å². The first kappa shape index (κ1) is 17.6. The maximum atomic E-state index is 12.2. The van der Waals surface area contributed by atoms with E-state index in [1.54, 1.807) is 0 Å². The van der Waals surface area contributed by atoms with Crippen molar-refractivity contribution in [3.63, 3.8) is 0 Å². The summed E-state index contributed by atoms with van der Waals surface area (Å²) in [7, 11) is 0. The van der Waals surface area contributed by atoms with Crippen LogP contribution >= 0.6 is 0 Å². The van der Waals surface area contributed by atoms with Gasteiger partial charge in [-0.15, -0.1) is 0 Å². The summed E-state index contributed by atoms with van der Waals surface area (Å²) in [5.74, 6) is 0.663. The molecule has 1 heterocycles. The summed E-state index contributed by atoms with van der Waals surface area (Å²) in [5.41, 5.74) is 1.31. The summed E-state index contributed by atoms with van der Waals surface area (Å²) in [4.78, 5) is 14.6. The lowest BCUT2D eigenvalue weighted by atomic mass is 10.1. The van der Waals surface area contributed by atoms with Gasteiger partial charge in [0.15, 0.2) is 6.61 Å². The van der Waals surface area contributed by atoms with Crippen LogP contribution in [0.1, 0.15) is 12.0 Å². The van der Waals surface area contributed by atoms with Gasteiger partial charge in [0.05, 0.1) is 0 Å². The van der Waals surface area contributed by atoms with E-state index in [0.29, 0.717) is 0 Å². The Morgan fingerprint density at radius 2 is 1.78 bits per heavy atom. The zero-order valence-electron chi connectivity index (χ0n) is 15.3. The van der Waals surface area contributed by atoms with E-state index in [0.717, 1.165) is 37.2 Å². The van der Waals surface area contributed by atoms with Crippen LogP contribution in [0.2, 0.25) is 0 Å². The molecule has 0 unspecified atom stereocenters. The number of benzene rings is 3. The van der Waals surface area contributed by atoms with Crippen LogP contribution < -0.4 is 10.1 Å². The standard InChI is InChI=1S/C23H24N2O2/c26-23(17-27-22-11-10-19-8-4-5-9-20(19)14-22)24-21-12-13-25(16-21)15-18-6-2-1-3-7-18/h1-11,14,21H,12-13,15-17H2,(H,24,26)/t21-/m0/s1. The molecule has 0 saturated carbocycles. The van der Waals surface area contributed by atoms with Crippen LogP contribution in [0, 0.1) is 0 Å². The number of hydrogen-bond donors (Lipinski definition) is 1. The molecule has 1 saturated heterocycles. The maximum Gasteiger partial charge on any atom is 0.258 e. The zero-order chi connectivity index (χ0) is 18.5. The molecule has 138 valence electrons. The fourth-order valence-electron chi connectivity index (χ4n) is 3.61. The number of ether oxygens (including phenoxy) is 1. The van der Waals surface area contributed by atoms with Gasteiger partial charge in [-0.05, 0) is 34.9 Å². The Hall–Kier alpha value is -2.85. The lowest BCUT2D eigenvalue weighted by molar-refractivity contribution is -0.123. The number of nitrogens with one attached hydrogen (secondary N) is 1. The molecule has 3 aromatic rings. The fourth-order valence-corrected chi connectivity index (χ4v) is 3.61. The van der Waals surface area contributed by atoms with Crippen molar-refractivity contribution in [3.8, 4) is 5.75 Å². The van der Waals surface area contributed by atoms with Crippen molar-refractivity contribution in [2.24, 2.45) is 0 Å². The highest BCUT2D eigenvalue weighted by atomic mass is 16.5. The van der Waals surface area contributed by atoms with E-state index in [4.69, 9.17) is 4.74 Å². The highest BCUT2D eigenvalue weighted by Gasteiger charge is 2.23. The van der Waals surface area contributed by atoms with Gasteiger partial charge in [0.1, 0.15) is 5.75 Å². The topological polar surface area (TPSA) is 41.6 Å². The van der Waals surface area contributed by atoms with Crippen molar-refractivity contribution in [2.75, 3.05) is 19.7 Å². The second-order valence-electron chi connectivity index (χ2n) is 7.07. The van der Waals surface area contributed by atoms with E-state index in [9.17, 15) is 4.79 Å². The summed E-state index contributed by atoms with van der Waals surface area (Å²) in [6.07, 6.45) is 0.981. The first-order valence-corrected chi connectivity index (χ1v) is 9.43. The van der Waals surface area contributed by atoms with E-state index in [1.807, 2.05) is 42.5 Å². The van der Waals surface area contributed by atoms with Gasteiger partial charge < -0.3 is 10.1 Å². The molecule has 1 N–H and O–H groups in total. The van der Waals surface area contributed by atoms with Crippen LogP contribution in [0.25, 0.3) is 10.8 Å². The summed E-state index contributed by atoms with van der Waals surface area (Å²) in [6.45, 7) is 2.87. The highest BCUT2D eigenvalue weighted by molar-refractivity contribution is 5.84. The van der Waals surface area contributed by atoms with Gasteiger partial charge in [-0.2, -0.15) is 0 Å². The summed E-state index contributed by atoms with van der Waals surface area (Å²) < 4.78 is 5.68. The summed E-state index contributed by atoms with van der Waals surface area (Å²) in [6, 6.07) is 24.7. The molecule has 4 rings (SSSR count). The molecular weight excluding hydrogens is 336 g/mol. The molecule has 0 aliphatic carbocycles. The largest absolute Gasteiger partial charge is 0.484 e. The number of likely N-dealkylation sites (tertiary alicyclic amines) is 1. The van der Waals surface area contributed by atoms with Crippen LogP contribution in [-0.2, 0) is 11.3 Å². The molecular formula is C23H24N2O2. The number of nitrogens with zero attached hydrogens (tertiary/aromatic N) is 1. The predicted octanol–water partition coefficient (Wildman–Crippen LogP) is 3.61. The Bertz CT molecular complexity index is 910.